The maximum absolute atomic E-state index is 12.9. The summed E-state index contributed by atoms with van der Waals surface area (Å²) in [6.45, 7) is 0.761. The number of likely N-dealkylation sites (N-methyl/N-ethyl adjacent to an activating group) is 1. The average molecular weight is 446 g/mol. The van der Waals surface area contributed by atoms with E-state index in [-0.39, 0.29) is 35.9 Å². The lowest BCUT2D eigenvalue weighted by Gasteiger charge is -2.33. The van der Waals surface area contributed by atoms with Crippen molar-refractivity contribution in [2.24, 2.45) is 11.8 Å². The molecule has 6 nitrogen and oxygen atoms in total. The van der Waals surface area contributed by atoms with Gasteiger partial charge in [-0.2, -0.15) is 13.2 Å². The summed E-state index contributed by atoms with van der Waals surface area (Å²) in [5, 5.41) is 1.91. The molecule has 0 radical (unpaired) electrons. The molecule has 164 valence electrons. The van der Waals surface area contributed by atoms with Crippen LogP contribution in [0.5, 0.6) is 0 Å². The van der Waals surface area contributed by atoms with Gasteiger partial charge in [-0.05, 0) is 43.9 Å². The van der Waals surface area contributed by atoms with Crippen molar-refractivity contribution in [2.75, 3.05) is 32.0 Å². The first-order chi connectivity index (χ1) is 14.1. The molecule has 1 saturated carbocycles. The van der Waals surface area contributed by atoms with Crippen molar-refractivity contribution in [3.63, 3.8) is 0 Å². The minimum atomic E-state index is -4.64. The number of halogens is 4. The Kier molecular flexibility index (Phi) is 6.59. The molecule has 3 amide bonds. The van der Waals surface area contributed by atoms with Crippen molar-refractivity contribution in [2.45, 2.75) is 31.9 Å². The second-order valence-electron chi connectivity index (χ2n) is 7.81. The molecule has 30 heavy (non-hydrogen) atoms. The average Bonchev–Trinajstić information content (AvgIpc) is 3.52. The van der Waals surface area contributed by atoms with E-state index in [4.69, 9.17) is 11.6 Å². The molecular formula is C20H23ClF3N3O3. The van der Waals surface area contributed by atoms with E-state index in [2.05, 4.69) is 5.32 Å². The predicted octanol–water partition coefficient (Wildman–Crippen LogP) is 3.40. The zero-order valence-corrected chi connectivity index (χ0v) is 17.2. The zero-order valence-electron chi connectivity index (χ0n) is 16.5. The number of anilines is 1. The minimum Gasteiger partial charge on any atom is -0.342 e. The number of alkyl halides is 3. The Bertz CT molecular complexity index is 834. The molecule has 0 unspecified atom stereocenters. The molecule has 0 atom stereocenters. The molecule has 2 aliphatic rings. The van der Waals surface area contributed by atoms with Crippen LogP contribution in [-0.2, 0) is 20.6 Å². The van der Waals surface area contributed by atoms with Crippen LogP contribution in [0.4, 0.5) is 18.9 Å². The molecule has 1 heterocycles. The molecule has 0 aromatic heterocycles. The summed E-state index contributed by atoms with van der Waals surface area (Å²) in [5.41, 5.74) is -1.09. The number of hydrogen-bond acceptors (Lipinski definition) is 3. The summed E-state index contributed by atoms with van der Waals surface area (Å²) < 4.78 is 38.8. The quantitative estimate of drug-likeness (QED) is 0.755. The molecular weight excluding hydrogens is 423 g/mol. The number of carbonyl (C=O) groups is 3. The first-order valence-electron chi connectivity index (χ1n) is 9.76. The summed E-state index contributed by atoms with van der Waals surface area (Å²) in [5.74, 6) is -0.791. The van der Waals surface area contributed by atoms with Gasteiger partial charge in [0.25, 0.3) is 0 Å². The Morgan fingerprint density at radius 1 is 1.13 bits per heavy atom. The smallest absolute Gasteiger partial charge is 0.342 e. The number of likely N-dealkylation sites (tertiary alicyclic amines) is 1. The minimum absolute atomic E-state index is 0.0514. The van der Waals surface area contributed by atoms with Crippen molar-refractivity contribution in [1.29, 1.82) is 0 Å². The van der Waals surface area contributed by atoms with Crippen molar-refractivity contribution in [3.8, 4) is 0 Å². The van der Waals surface area contributed by atoms with Crippen molar-refractivity contribution in [3.05, 3.63) is 28.8 Å². The first kappa shape index (κ1) is 22.4. The Labute approximate surface area is 177 Å². The second kappa shape index (κ2) is 8.83. The van der Waals surface area contributed by atoms with Crippen LogP contribution in [0, 0.1) is 11.8 Å². The third kappa shape index (κ3) is 5.44. The normalized spacial score (nSPS) is 17.6. The van der Waals surface area contributed by atoms with Gasteiger partial charge in [-0.15, -0.1) is 0 Å². The van der Waals surface area contributed by atoms with Crippen LogP contribution in [0.2, 0.25) is 5.02 Å². The number of rotatable bonds is 5. The van der Waals surface area contributed by atoms with Crippen molar-refractivity contribution < 1.29 is 27.6 Å². The Morgan fingerprint density at radius 2 is 1.77 bits per heavy atom. The van der Waals surface area contributed by atoms with Gasteiger partial charge >= 0.3 is 6.18 Å². The highest BCUT2D eigenvalue weighted by atomic mass is 35.5. The summed E-state index contributed by atoms with van der Waals surface area (Å²) in [6.07, 6.45) is -1.69. The second-order valence-corrected chi connectivity index (χ2v) is 8.22. The third-order valence-corrected chi connectivity index (χ3v) is 5.72. The number of nitrogens with one attached hydrogen (secondary N) is 1. The topological polar surface area (TPSA) is 69.7 Å². The predicted molar refractivity (Wildman–Crippen MR) is 105 cm³/mol. The van der Waals surface area contributed by atoms with Gasteiger partial charge in [-0.3, -0.25) is 14.4 Å². The number of nitrogens with zero attached hydrogens (tertiary/aromatic N) is 2. The van der Waals surface area contributed by atoms with Gasteiger partial charge in [0.05, 0.1) is 17.1 Å². The van der Waals surface area contributed by atoms with Crippen LogP contribution in [0.25, 0.3) is 0 Å². The third-order valence-electron chi connectivity index (χ3n) is 5.39. The standard InChI is InChI=1S/C20H23ClF3N3O3/c1-26(18(29)13-6-8-27(9-7-13)19(30)12-2-3-12)11-17(28)25-14-4-5-16(21)15(10-14)20(22,23)24/h4-5,10,12-13H,2-3,6-9,11H2,1H3,(H,25,28). The van der Waals surface area contributed by atoms with E-state index >= 15 is 0 Å². The Hall–Kier alpha value is -2.29. The van der Waals surface area contributed by atoms with Gasteiger partial charge in [0.15, 0.2) is 0 Å². The van der Waals surface area contributed by atoms with Crippen molar-refractivity contribution in [1.82, 2.24) is 9.80 Å². The van der Waals surface area contributed by atoms with E-state index in [1.165, 1.54) is 18.0 Å². The maximum Gasteiger partial charge on any atom is 0.417 e. The van der Waals surface area contributed by atoms with Gasteiger partial charge in [-0.1, -0.05) is 11.6 Å². The molecule has 0 spiro atoms. The summed E-state index contributed by atoms with van der Waals surface area (Å²) in [4.78, 5) is 40.0. The number of hydrogen-bond donors (Lipinski definition) is 1. The van der Waals surface area contributed by atoms with Crippen LogP contribution in [0.3, 0.4) is 0 Å². The largest absolute Gasteiger partial charge is 0.417 e. The lowest BCUT2D eigenvalue weighted by molar-refractivity contribution is -0.141. The van der Waals surface area contributed by atoms with E-state index in [0.29, 0.717) is 25.9 Å². The lowest BCUT2D eigenvalue weighted by Crippen LogP contribution is -2.45. The van der Waals surface area contributed by atoms with Gasteiger partial charge in [0, 0.05) is 37.7 Å². The maximum atomic E-state index is 12.9. The van der Waals surface area contributed by atoms with E-state index < -0.39 is 22.7 Å². The Balaban J connectivity index is 1.50. The van der Waals surface area contributed by atoms with Crippen LogP contribution >= 0.6 is 11.6 Å². The number of carbonyl (C=O) groups excluding carboxylic acids is 3. The van der Waals surface area contributed by atoms with E-state index in [9.17, 15) is 27.6 Å². The van der Waals surface area contributed by atoms with E-state index in [0.717, 1.165) is 25.0 Å². The van der Waals surface area contributed by atoms with Gasteiger partial charge < -0.3 is 15.1 Å². The molecule has 1 N–H and O–H groups in total. The highest BCUT2D eigenvalue weighted by Gasteiger charge is 2.37. The fourth-order valence-corrected chi connectivity index (χ4v) is 3.79. The van der Waals surface area contributed by atoms with Crippen LogP contribution in [0.15, 0.2) is 18.2 Å². The molecule has 1 aromatic rings. The number of amides is 3. The molecule has 10 heteroatoms. The van der Waals surface area contributed by atoms with Gasteiger partial charge in [0.1, 0.15) is 0 Å². The summed E-state index contributed by atoms with van der Waals surface area (Å²) >= 11 is 5.57. The summed E-state index contributed by atoms with van der Waals surface area (Å²) in [7, 11) is 1.48. The van der Waals surface area contributed by atoms with E-state index in [1.807, 2.05) is 0 Å². The molecule has 3 rings (SSSR count). The van der Waals surface area contributed by atoms with Gasteiger partial charge in [-0.25, -0.2) is 0 Å². The zero-order chi connectivity index (χ0) is 22.1. The number of benzene rings is 1. The molecule has 0 bridgehead atoms. The lowest BCUT2D eigenvalue weighted by atomic mass is 9.95. The first-order valence-corrected chi connectivity index (χ1v) is 10.1. The SMILES string of the molecule is CN(CC(=O)Nc1ccc(Cl)c(C(F)(F)F)c1)C(=O)C1CCN(C(=O)C2CC2)CC1. The highest BCUT2D eigenvalue weighted by Crippen LogP contribution is 2.36. The molecule has 1 aliphatic carbocycles. The highest BCUT2D eigenvalue weighted by molar-refractivity contribution is 6.31. The fraction of sp³-hybridized carbons (Fsp3) is 0.550. The van der Waals surface area contributed by atoms with Crippen LogP contribution in [0.1, 0.15) is 31.2 Å². The van der Waals surface area contributed by atoms with Crippen LogP contribution < -0.4 is 5.32 Å². The molecule has 1 aliphatic heterocycles. The van der Waals surface area contributed by atoms with Crippen molar-refractivity contribution >= 4 is 35.0 Å². The Morgan fingerprint density at radius 3 is 2.33 bits per heavy atom. The molecule has 2 fully saturated rings. The van der Waals surface area contributed by atoms with Gasteiger partial charge in [0.2, 0.25) is 17.7 Å². The number of piperidine rings is 1. The molecule has 1 aromatic carbocycles. The fourth-order valence-electron chi connectivity index (χ4n) is 3.56. The summed E-state index contributed by atoms with van der Waals surface area (Å²) in [6, 6.07) is 3.09. The van der Waals surface area contributed by atoms with E-state index in [1.54, 1.807) is 4.90 Å². The van der Waals surface area contributed by atoms with Crippen LogP contribution in [-0.4, -0.2) is 54.2 Å². The monoisotopic (exact) mass is 445 g/mol. The molecule has 1 saturated heterocycles.